The Bertz CT molecular complexity index is 427. The zero-order valence-corrected chi connectivity index (χ0v) is 9.63. The van der Waals surface area contributed by atoms with Gasteiger partial charge in [0.05, 0.1) is 11.5 Å². The van der Waals surface area contributed by atoms with E-state index < -0.39 is 17.9 Å². The van der Waals surface area contributed by atoms with Crippen LogP contribution >= 0.6 is 0 Å². The average molecular weight is 315 g/mol. The van der Waals surface area contributed by atoms with E-state index in [9.17, 15) is 19.5 Å². The van der Waals surface area contributed by atoms with Gasteiger partial charge in [0.2, 0.25) is 0 Å². The number of carbonyl (C=O) groups excluding carboxylic acids is 3. The van der Waals surface area contributed by atoms with Crippen molar-refractivity contribution >= 4 is 17.9 Å². The number of carboxylic acids is 1. The number of benzene rings is 1. The largest absolute Gasteiger partial charge is 1.00 e. The van der Waals surface area contributed by atoms with Crippen LogP contribution in [0.5, 0.6) is 0 Å². The molecule has 0 atom stereocenters. The van der Waals surface area contributed by atoms with Crippen molar-refractivity contribution < 1.29 is 46.6 Å². The van der Waals surface area contributed by atoms with E-state index in [0.717, 1.165) is 6.92 Å². The summed E-state index contributed by atoms with van der Waals surface area (Å²) in [6.07, 6.45) is 0. The molecule has 0 radical (unpaired) electrons. The molecule has 1 rings (SSSR count). The molecule has 0 fully saturated rings. The van der Waals surface area contributed by atoms with Crippen molar-refractivity contribution in [3.05, 3.63) is 35.4 Å². The van der Waals surface area contributed by atoms with Gasteiger partial charge in [-0.3, -0.25) is 4.79 Å². The van der Waals surface area contributed by atoms with Crippen molar-refractivity contribution in [2.45, 2.75) is 6.92 Å². The second kappa shape index (κ2) is 6.22. The fourth-order valence-electron chi connectivity index (χ4n) is 1.02. The van der Waals surface area contributed by atoms with Gasteiger partial charge in [0.25, 0.3) is 0 Å². The number of carbonyl (C=O) groups is 3. The molecule has 0 spiro atoms. The monoisotopic (exact) mass is 314 g/mol. The molecule has 0 unspecified atom stereocenters. The van der Waals surface area contributed by atoms with Crippen LogP contribution in [0.4, 0.5) is 0 Å². The summed E-state index contributed by atoms with van der Waals surface area (Å²) < 4.78 is 4.26. The first kappa shape index (κ1) is 14.6. The van der Waals surface area contributed by atoms with Crippen LogP contribution in [0.3, 0.4) is 0 Å². The third-order valence-corrected chi connectivity index (χ3v) is 1.60. The van der Waals surface area contributed by atoms with Gasteiger partial charge >= 0.3 is 34.3 Å². The van der Waals surface area contributed by atoms with Gasteiger partial charge < -0.3 is 14.6 Å². The van der Waals surface area contributed by atoms with Gasteiger partial charge in [-0.1, -0.05) is 18.2 Å². The van der Waals surface area contributed by atoms with Crippen molar-refractivity contribution in [1.82, 2.24) is 0 Å². The van der Waals surface area contributed by atoms with E-state index in [1.54, 1.807) is 0 Å². The SMILES string of the molecule is CC(=O)OC(=O)c1ccccc1C(=O)[O-].[Ag+]. The molecule has 5 nitrogen and oxygen atoms in total. The minimum absolute atomic E-state index is 0. The van der Waals surface area contributed by atoms with E-state index in [1.807, 2.05) is 0 Å². The second-order valence-electron chi connectivity index (χ2n) is 2.71. The molecule has 0 aromatic heterocycles. The Morgan fingerprint density at radius 2 is 1.62 bits per heavy atom. The molecular weight excluding hydrogens is 308 g/mol. The van der Waals surface area contributed by atoms with Crippen LogP contribution in [0.2, 0.25) is 0 Å². The quantitative estimate of drug-likeness (QED) is 0.427. The van der Waals surface area contributed by atoms with Crippen molar-refractivity contribution in [3.63, 3.8) is 0 Å². The minimum atomic E-state index is -1.49. The molecule has 0 saturated carbocycles. The zero-order chi connectivity index (χ0) is 11.4. The summed E-state index contributed by atoms with van der Waals surface area (Å²) in [5.74, 6) is -3.29. The Morgan fingerprint density at radius 1 is 1.12 bits per heavy atom. The summed E-state index contributed by atoms with van der Waals surface area (Å²) in [5.41, 5.74) is -0.503. The van der Waals surface area contributed by atoms with Crippen molar-refractivity contribution in [3.8, 4) is 0 Å². The third-order valence-electron chi connectivity index (χ3n) is 1.60. The summed E-state index contributed by atoms with van der Waals surface area (Å²) in [6.45, 7) is 1.06. The van der Waals surface area contributed by atoms with Crippen LogP contribution < -0.4 is 5.11 Å². The number of rotatable bonds is 2. The van der Waals surface area contributed by atoms with E-state index in [0.29, 0.717) is 0 Å². The first-order valence-electron chi connectivity index (χ1n) is 4.05. The van der Waals surface area contributed by atoms with E-state index in [4.69, 9.17) is 0 Å². The van der Waals surface area contributed by atoms with E-state index in [2.05, 4.69) is 4.74 Å². The Labute approximate surface area is 107 Å². The minimum Gasteiger partial charge on any atom is -0.545 e. The number of ether oxygens (including phenoxy) is 1. The smallest absolute Gasteiger partial charge is 0.545 e. The molecular formula is C10H7AgO5. The zero-order valence-electron chi connectivity index (χ0n) is 8.15. The Kier molecular flexibility index (Phi) is 5.66. The van der Waals surface area contributed by atoms with Gasteiger partial charge in [-0.25, -0.2) is 4.79 Å². The van der Waals surface area contributed by atoms with Crippen LogP contribution in [-0.2, 0) is 31.9 Å². The first-order valence-corrected chi connectivity index (χ1v) is 4.05. The Balaban J connectivity index is 0.00000225. The van der Waals surface area contributed by atoms with Crippen LogP contribution in [0.15, 0.2) is 24.3 Å². The predicted octanol–water partition coefficient (Wildman–Crippen LogP) is -0.249. The summed E-state index contributed by atoms with van der Waals surface area (Å²) in [7, 11) is 0. The van der Waals surface area contributed by atoms with Crippen LogP contribution in [-0.4, -0.2) is 17.9 Å². The third kappa shape index (κ3) is 3.62. The molecule has 0 N–H and O–H groups in total. The Hall–Kier alpha value is -1.43. The molecule has 1 aromatic rings. The van der Waals surface area contributed by atoms with Gasteiger partial charge in [0, 0.05) is 12.5 Å². The topological polar surface area (TPSA) is 83.5 Å². The van der Waals surface area contributed by atoms with Crippen LogP contribution in [0, 0.1) is 0 Å². The maximum absolute atomic E-state index is 11.2. The number of hydrogen-bond acceptors (Lipinski definition) is 5. The van der Waals surface area contributed by atoms with Crippen LogP contribution in [0.1, 0.15) is 27.6 Å². The first-order chi connectivity index (χ1) is 7.02. The molecule has 0 aliphatic heterocycles. The molecule has 0 heterocycles. The molecule has 0 amide bonds. The predicted molar refractivity (Wildman–Crippen MR) is 46.9 cm³/mol. The Morgan fingerprint density at radius 3 is 2.06 bits per heavy atom. The molecule has 88 valence electrons. The molecule has 16 heavy (non-hydrogen) atoms. The number of hydrogen-bond donors (Lipinski definition) is 0. The fraction of sp³-hybridized carbons (Fsp3) is 0.100. The standard InChI is InChI=1S/C10H8O5.Ag/c1-6(11)15-10(14)8-5-3-2-4-7(8)9(12)13;/h2-5H,1H3,(H,12,13);/q;+1/p-1. The van der Waals surface area contributed by atoms with Gasteiger partial charge in [-0.05, 0) is 6.07 Å². The second-order valence-corrected chi connectivity index (χ2v) is 2.71. The normalized spacial score (nSPS) is 8.81. The van der Waals surface area contributed by atoms with Gasteiger partial charge in [-0.15, -0.1) is 0 Å². The summed E-state index contributed by atoms with van der Waals surface area (Å²) in [5, 5.41) is 10.6. The van der Waals surface area contributed by atoms with Crippen molar-refractivity contribution in [2.75, 3.05) is 0 Å². The molecule has 0 bridgehead atoms. The van der Waals surface area contributed by atoms with Gasteiger partial charge in [-0.2, -0.15) is 0 Å². The summed E-state index contributed by atoms with van der Waals surface area (Å²) in [6, 6.07) is 5.35. The molecule has 1 aromatic carbocycles. The van der Waals surface area contributed by atoms with E-state index in [1.165, 1.54) is 24.3 Å². The van der Waals surface area contributed by atoms with Gasteiger partial charge in [0.15, 0.2) is 0 Å². The maximum Gasteiger partial charge on any atom is 1.00 e. The maximum atomic E-state index is 11.2. The van der Waals surface area contributed by atoms with Gasteiger partial charge in [0.1, 0.15) is 0 Å². The summed E-state index contributed by atoms with van der Waals surface area (Å²) >= 11 is 0. The van der Waals surface area contributed by atoms with Crippen molar-refractivity contribution in [2.24, 2.45) is 0 Å². The fourth-order valence-corrected chi connectivity index (χ4v) is 1.02. The molecule has 6 heteroatoms. The number of carboxylic acid groups (broad SMARTS) is 1. The molecule has 0 saturated heterocycles. The average Bonchev–Trinajstić information content (AvgIpc) is 2.16. The van der Waals surface area contributed by atoms with E-state index >= 15 is 0 Å². The molecule has 0 aliphatic carbocycles. The van der Waals surface area contributed by atoms with Crippen molar-refractivity contribution in [1.29, 1.82) is 0 Å². The summed E-state index contributed by atoms with van der Waals surface area (Å²) in [4.78, 5) is 32.4. The van der Waals surface area contributed by atoms with Crippen LogP contribution in [0.25, 0.3) is 0 Å². The number of aromatic carboxylic acids is 1. The van der Waals surface area contributed by atoms with E-state index in [-0.39, 0.29) is 33.5 Å². The molecule has 0 aliphatic rings. The number of esters is 2.